The normalized spacial score (nSPS) is 14.4. The molecule has 1 saturated heterocycles. The summed E-state index contributed by atoms with van der Waals surface area (Å²) in [7, 11) is 0. The molecule has 0 aliphatic carbocycles. The van der Waals surface area contributed by atoms with Gasteiger partial charge in [-0.15, -0.1) is 0 Å². The summed E-state index contributed by atoms with van der Waals surface area (Å²) in [5, 5.41) is 0.718. The lowest BCUT2D eigenvalue weighted by atomic mass is 10.0. The fourth-order valence-electron chi connectivity index (χ4n) is 3.29. The Morgan fingerprint density at radius 1 is 0.962 bits per heavy atom. The molecule has 0 atom stereocenters. The standard InChI is InChI=1S/C21H23ClN2O2/c1-16-5-2-3-8-19(16)20(25)9-10-21(26)24-13-11-23(12-14-24)18-7-4-6-17(22)15-18/h2-8,15H,9-14H2,1H3. The second kappa shape index (κ2) is 8.37. The fourth-order valence-corrected chi connectivity index (χ4v) is 3.47. The van der Waals surface area contributed by atoms with Crippen molar-refractivity contribution in [1.82, 2.24) is 4.90 Å². The average Bonchev–Trinajstić information content (AvgIpc) is 2.66. The first kappa shape index (κ1) is 18.5. The van der Waals surface area contributed by atoms with Gasteiger partial charge in [0.05, 0.1) is 0 Å². The lowest BCUT2D eigenvalue weighted by Gasteiger charge is -2.36. The van der Waals surface area contributed by atoms with Gasteiger partial charge in [-0.05, 0) is 30.7 Å². The van der Waals surface area contributed by atoms with Crippen LogP contribution < -0.4 is 4.90 Å². The number of piperazine rings is 1. The molecule has 1 aliphatic rings. The van der Waals surface area contributed by atoms with E-state index < -0.39 is 0 Å². The summed E-state index contributed by atoms with van der Waals surface area (Å²) >= 11 is 6.05. The fraction of sp³-hybridized carbons (Fsp3) is 0.333. The summed E-state index contributed by atoms with van der Waals surface area (Å²) in [5.74, 6) is 0.0895. The number of anilines is 1. The number of carbonyl (C=O) groups is 2. The molecule has 136 valence electrons. The summed E-state index contributed by atoms with van der Waals surface area (Å²) in [6.45, 7) is 4.81. The monoisotopic (exact) mass is 370 g/mol. The molecule has 0 saturated carbocycles. The van der Waals surface area contributed by atoms with Gasteiger partial charge in [0.15, 0.2) is 5.78 Å². The number of Topliss-reactive ketones (excluding diaryl/α,β-unsaturated/α-hetero) is 1. The minimum absolute atomic E-state index is 0.0361. The zero-order valence-electron chi connectivity index (χ0n) is 15.0. The van der Waals surface area contributed by atoms with Crippen LogP contribution >= 0.6 is 11.6 Å². The maximum absolute atomic E-state index is 12.5. The zero-order chi connectivity index (χ0) is 18.5. The van der Waals surface area contributed by atoms with Crippen molar-refractivity contribution in [2.24, 2.45) is 0 Å². The van der Waals surface area contributed by atoms with Crippen LogP contribution in [0.5, 0.6) is 0 Å². The van der Waals surface area contributed by atoms with Gasteiger partial charge in [0.25, 0.3) is 0 Å². The van der Waals surface area contributed by atoms with Crippen LogP contribution in [0.15, 0.2) is 48.5 Å². The van der Waals surface area contributed by atoms with E-state index in [-0.39, 0.29) is 24.5 Å². The molecule has 0 radical (unpaired) electrons. The van der Waals surface area contributed by atoms with E-state index in [0.717, 1.165) is 29.4 Å². The van der Waals surface area contributed by atoms with E-state index in [1.165, 1.54) is 0 Å². The van der Waals surface area contributed by atoms with E-state index in [9.17, 15) is 9.59 Å². The van der Waals surface area contributed by atoms with E-state index in [1.54, 1.807) is 0 Å². The van der Waals surface area contributed by atoms with E-state index in [1.807, 2.05) is 60.4 Å². The molecule has 0 unspecified atom stereocenters. The first-order valence-corrected chi connectivity index (χ1v) is 9.29. The first-order valence-electron chi connectivity index (χ1n) is 8.92. The van der Waals surface area contributed by atoms with Gasteiger partial charge in [-0.3, -0.25) is 9.59 Å². The van der Waals surface area contributed by atoms with Crippen molar-refractivity contribution in [1.29, 1.82) is 0 Å². The van der Waals surface area contributed by atoms with Gasteiger partial charge in [0, 0.05) is 55.3 Å². The third kappa shape index (κ3) is 4.44. The molecule has 26 heavy (non-hydrogen) atoms. The number of carbonyl (C=O) groups excluding carboxylic acids is 2. The Bertz CT molecular complexity index is 798. The molecule has 0 aromatic heterocycles. The molecule has 0 spiro atoms. The maximum Gasteiger partial charge on any atom is 0.223 e. The molecule has 0 N–H and O–H groups in total. The molecule has 0 bridgehead atoms. The van der Waals surface area contributed by atoms with Crippen LogP contribution in [0.4, 0.5) is 5.69 Å². The first-order chi connectivity index (χ1) is 12.5. The predicted molar refractivity (Wildman–Crippen MR) is 105 cm³/mol. The highest BCUT2D eigenvalue weighted by Gasteiger charge is 2.22. The Labute approximate surface area is 159 Å². The number of ketones is 1. The minimum Gasteiger partial charge on any atom is -0.368 e. The van der Waals surface area contributed by atoms with Crippen molar-refractivity contribution >= 4 is 29.0 Å². The molecular weight excluding hydrogens is 348 g/mol. The molecule has 2 aromatic carbocycles. The number of nitrogens with zero attached hydrogens (tertiary/aromatic N) is 2. The Hall–Kier alpha value is -2.33. The van der Waals surface area contributed by atoms with Gasteiger partial charge >= 0.3 is 0 Å². The molecule has 3 rings (SSSR count). The summed E-state index contributed by atoms with van der Waals surface area (Å²) in [6, 6.07) is 15.3. The van der Waals surface area contributed by atoms with Crippen LogP contribution in [0.2, 0.25) is 5.02 Å². The summed E-state index contributed by atoms with van der Waals surface area (Å²) in [5.41, 5.74) is 2.76. The van der Waals surface area contributed by atoms with Crippen molar-refractivity contribution in [2.45, 2.75) is 19.8 Å². The molecule has 1 amide bonds. The van der Waals surface area contributed by atoms with E-state index in [4.69, 9.17) is 11.6 Å². The molecule has 1 fully saturated rings. The number of halogens is 1. The highest BCUT2D eigenvalue weighted by Crippen LogP contribution is 2.21. The van der Waals surface area contributed by atoms with Gasteiger partial charge in [-0.2, -0.15) is 0 Å². The number of hydrogen-bond acceptors (Lipinski definition) is 3. The number of hydrogen-bond donors (Lipinski definition) is 0. The minimum atomic E-state index is 0.0361. The molecule has 5 heteroatoms. The molecule has 2 aromatic rings. The van der Waals surface area contributed by atoms with Gasteiger partial charge in [0.1, 0.15) is 0 Å². The number of amides is 1. The third-order valence-electron chi connectivity index (χ3n) is 4.82. The highest BCUT2D eigenvalue weighted by atomic mass is 35.5. The van der Waals surface area contributed by atoms with Gasteiger partial charge < -0.3 is 9.80 Å². The molecule has 1 heterocycles. The quantitative estimate of drug-likeness (QED) is 0.748. The second-order valence-electron chi connectivity index (χ2n) is 6.59. The largest absolute Gasteiger partial charge is 0.368 e. The third-order valence-corrected chi connectivity index (χ3v) is 5.05. The summed E-state index contributed by atoms with van der Waals surface area (Å²) in [6.07, 6.45) is 0.530. The van der Waals surface area contributed by atoms with Crippen molar-refractivity contribution in [3.05, 3.63) is 64.7 Å². The zero-order valence-corrected chi connectivity index (χ0v) is 15.7. The Morgan fingerprint density at radius 3 is 2.38 bits per heavy atom. The van der Waals surface area contributed by atoms with Gasteiger partial charge in [0.2, 0.25) is 5.91 Å². The highest BCUT2D eigenvalue weighted by molar-refractivity contribution is 6.30. The van der Waals surface area contributed by atoms with Crippen LogP contribution in [0, 0.1) is 6.92 Å². The number of rotatable bonds is 5. The number of aryl methyl sites for hydroxylation is 1. The van der Waals surface area contributed by atoms with Crippen LogP contribution in [0.1, 0.15) is 28.8 Å². The average molecular weight is 371 g/mol. The Balaban J connectivity index is 1.49. The van der Waals surface area contributed by atoms with Crippen LogP contribution in [0.3, 0.4) is 0 Å². The van der Waals surface area contributed by atoms with Crippen LogP contribution in [-0.2, 0) is 4.79 Å². The summed E-state index contributed by atoms with van der Waals surface area (Å²) < 4.78 is 0. The smallest absolute Gasteiger partial charge is 0.223 e. The SMILES string of the molecule is Cc1ccccc1C(=O)CCC(=O)N1CCN(c2cccc(Cl)c2)CC1. The Kier molecular flexibility index (Phi) is 5.94. The lowest BCUT2D eigenvalue weighted by Crippen LogP contribution is -2.48. The molecule has 1 aliphatic heterocycles. The topological polar surface area (TPSA) is 40.6 Å². The second-order valence-corrected chi connectivity index (χ2v) is 7.02. The van der Waals surface area contributed by atoms with E-state index in [2.05, 4.69) is 4.90 Å². The van der Waals surface area contributed by atoms with Crippen molar-refractivity contribution in [2.75, 3.05) is 31.1 Å². The molecular formula is C21H23ClN2O2. The number of benzene rings is 2. The summed E-state index contributed by atoms with van der Waals surface area (Å²) in [4.78, 5) is 28.9. The van der Waals surface area contributed by atoms with E-state index in [0.29, 0.717) is 18.7 Å². The Morgan fingerprint density at radius 2 is 1.69 bits per heavy atom. The van der Waals surface area contributed by atoms with Crippen molar-refractivity contribution in [3.63, 3.8) is 0 Å². The predicted octanol–water partition coefficient (Wildman–Crippen LogP) is 3.96. The van der Waals surface area contributed by atoms with Crippen LogP contribution in [0.25, 0.3) is 0 Å². The van der Waals surface area contributed by atoms with Crippen LogP contribution in [-0.4, -0.2) is 42.8 Å². The van der Waals surface area contributed by atoms with Crippen molar-refractivity contribution < 1.29 is 9.59 Å². The van der Waals surface area contributed by atoms with Gasteiger partial charge in [-0.1, -0.05) is 41.9 Å². The lowest BCUT2D eigenvalue weighted by molar-refractivity contribution is -0.131. The molecule has 4 nitrogen and oxygen atoms in total. The maximum atomic E-state index is 12.5. The van der Waals surface area contributed by atoms with Crippen molar-refractivity contribution in [3.8, 4) is 0 Å². The van der Waals surface area contributed by atoms with E-state index >= 15 is 0 Å². The van der Waals surface area contributed by atoms with Gasteiger partial charge in [-0.25, -0.2) is 0 Å².